The van der Waals surface area contributed by atoms with Gasteiger partial charge < -0.3 is 10.4 Å². The van der Waals surface area contributed by atoms with Gasteiger partial charge in [-0.25, -0.2) is 9.97 Å². The molecule has 6 heteroatoms. The van der Waals surface area contributed by atoms with Crippen molar-refractivity contribution in [2.24, 2.45) is 0 Å². The number of nitrogens with zero attached hydrogens (tertiary/aromatic N) is 2. The summed E-state index contributed by atoms with van der Waals surface area (Å²) < 4.78 is 0. The number of aromatic nitrogens is 2. The van der Waals surface area contributed by atoms with E-state index < -0.39 is 5.97 Å². The van der Waals surface area contributed by atoms with Crippen LogP contribution in [0.4, 0.5) is 11.5 Å². The Morgan fingerprint density at radius 2 is 1.94 bits per heavy atom. The van der Waals surface area contributed by atoms with Crippen molar-refractivity contribution in [3.8, 4) is 10.7 Å². The minimum absolute atomic E-state index is 0.00699. The molecule has 0 saturated heterocycles. The third-order valence-electron chi connectivity index (χ3n) is 4.93. The number of unbranched alkanes of at least 4 members (excludes halogenated alkanes) is 1. The third-order valence-corrected chi connectivity index (χ3v) is 5.98. The molecule has 0 atom stereocenters. The summed E-state index contributed by atoms with van der Waals surface area (Å²) in [6, 6.07) is 11.6. The minimum Gasteiger partial charge on any atom is -0.481 e. The molecule has 2 heterocycles. The zero-order valence-corrected chi connectivity index (χ0v) is 19.4. The average molecular weight is 448 g/mol. The summed E-state index contributed by atoms with van der Waals surface area (Å²) in [5.74, 6) is 0.626. The SMILES string of the molecule is C=CCc1c(CC)nc(-c2ccc(C=CCCC)s2)nc1Nc1ccc(CC(=O)O)cc1. The molecule has 1 aromatic carbocycles. The van der Waals surface area contributed by atoms with Crippen molar-refractivity contribution in [1.29, 1.82) is 0 Å². The number of hydrogen-bond donors (Lipinski definition) is 2. The lowest BCUT2D eigenvalue weighted by Crippen LogP contribution is -2.07. The van der Waals surface area contributed by atoms with E-state index >= 15 is 0 Å². The van der Waals surface area contributed by atoms with Gasteiger partial charge in [0.15, 0.2) is 5.82 Å². The molecule has 0 unspecified atom stereocenters. The largest absolute Gasteiger partial charge is 0.481 e. The molecule has 0 aliphatic rings. The molecule has 166 valence electrons. The first-order chi connectivity index (χ1) is 15.5. The lowest BCUT2D eigenvalue weighted by Gasteiger charge is -2.15. The fraction of sp³-hybridized carbons (Fsp3) is 0.269. The first kappa shape index (κ1) is 23.4. The molecule has 0 aliphatic heterocycles. The zero-order valence-electron chi connectivity index (χ0n) is 18.6. The van der Waals surface area contributed by atoms with Gasteiger partial charge in [0, 0.05) is 21.8 Å². The summed E-state index contributed by atoms with van der Waals surface area (Å²) in [4.78, 5) is 22.9. The summed E-state index contributed by atoms with van der Waals surface area (Å²) in [5.41, 5.74) is 3.64. The highest BCUT2D eigenvalue weighted by Gasteiger charge is 2.15. The van der Waals surface area contributed by atoms with Crippen molar-refractivity contribution in [2.75, 3.05) is 5.32 Å². The number of aliphatic carboxylic acids is 1. The monoisotopic (exact) mass is 447 g/mol. The van der Waals surface area contributed by atoms with E-state index in [1.54, 1.807) is 11.3 Å². The van der Waals surface area contributed by atoms with E-state index in [0.717, 1.165) is 52.5 Å². The number of rotatable bonds is 11. The second kappa shape index (κ2) is 11.4. The van der Waals surface area contributed by atoms with Gasteiger partial charge in [0.25, 0.3) is 0 Å². The van der Waals surface area contributed by atoms with E-state index in [1.807, 2.05) is 30.3 Å². The van der Waals surface area contributed by atoms with Crippen LogP contribution in [-0.4, -0.2) is 21.0 Å². The van der Waals surface area contributed by atoms with E-state index in [4.69, 9.17) is 15.1 Å². The Bertz CT molecular complexity index is 1100. The van der Waals surface area contributed by atoms with Gasteiger partial charge in [-0.2, -0.15) is 0 Å². The Morgan fingerprint density at radius 1 is 1.16 bits per heavy atom. The highest BCUT2D eigenvalue weighted by molar-refractivity contribution is 7.16. The van der Waals surface area contributed by atoms with E-state index in [2.05, 4.69) is 50.0 Å². The normalized spacial score (nSPS) is 11.1. The van der Waals surface area contributed by atoms with Crippen molar-refractivity contribution in [3.63, 3.8) is 0 Å². The van der Waals surface area contributed by atoms with Gasteiger partial charge in [0.05, 0.1) is 11.3 Å². The first-order valence-corrected chi connectivity index (χ1v) is 11.7. The maximum Gasteiger partial charge on any atom is 0.307 e. The predicted molar refractivity (Wildman–Crippen MR) is 134 cm³/mol. The Balaban J connectivity index is 1.95. The fourth-order valence-corrected chi connectivity index (χ4v) is 4.21. The molecule has 0 amide bonds. The number of thiophene rings is 1. The number of allylic oxidation sites excluding steroid dienone is 2. The highest BCUT2D eigenvalue weighted by atomic mass is 32.1. The van der Waals surface area contributed by atoms with Crippen LogP contribution in [0.5, 0.6) is 0 Å². The second-order valence-corrected chi connectivity index (χ2v) is 8.57. The standard InChI is InChI=1S/C26H29N3O2S/c1-4-7-8-10-20-15-16-23(32-20)26-28-22(6-3)21(9-5-2)25(29-26)27-19-13-11-18(12-14-19)17-24(30)31/h5,8,10-16H,2,4,6-7,9,17H2,1,3H3,(H,30,31)(H,27,28,29). The van der Waals surface area contributed by atoms with Gasteiger partial charge in [-0.05, 0) is 55.2 Å². The van der Waals surface area contributed by atoms with Crippen molar-refractivity contribution < 1.29 is 9.90 Å². The molecule has 0 spiro atoms. The van der Waals surface area contributed by atoms with Crippen LogP contribution in [0.25, 0.3) is 16.8 Å². The predicted octanol–water partition coefficient (Wildman–Crippen LogP) is 6.68. The topological polar surface area (TPSA) is 75.1 Å². The lowest BCUT2D eigenvalue weighted by atomic mass is 10.1. The fourth-order valence-electron chi connectivity index (χ4n) is 3.34. The number of aryl methyl sites for hydroxylation is 1. The van der Waals surface area contributed by atoms with Gasteiger partial charge in [0.1, 0.15) is 5.82 Å². The van der Waals surface area contributed by atoms with Crippen LogP contribution in [-0.2, 0) is 24.1 Å². The molecular weight excluding hydrogens is 418 g/mol. The van der Waals surface area contributed by atoms with Crippen LogP contribution in [0.15, 0.2) is 55.1 Å². The van der Waals surface area contributed by atoms with Crippen molar-refractivity contribution in [3.05, 3.63) is 76.8 Å². The Kier molecular flexibility index (Phi) is 8.34. The van der Waals surface area contributed by atoms with Crippen molar-refractivity contribution >= 4 is 34.9 Å². The molecule has 0 radical (unpaired) electrons. The molecule has 0 fully saturated rings. The molecular formula is C26H29N3O2S. The number of carboxylic acids is 1. The Labute approximate surface area is 193 Å². The maximum atomic E-state index is 10.9. The lowest BCUT2D eigenvalue weighted by molar-refractivity contribution is -0.136. The quantitative estimate of drug-likeness (QED) is 0.321. The van der Waals surface area contributed by atoms with Gasteiger partial charge in [-0.3, -0.25) is 4.79 Å². The average Bonchev–Trinajstić information content (AvgIpc) is 3.25. The summed E-state index contributed by atoms with van der Waals surface area (Å²) in [6.07, 6.45) is 9.88. The number of carbonyl (C=O) groups is 1. The van der Waals surface area contributed by atoms with Crippen LogP contribution in [0.2, 0.25) is 0 Å². The zero-order chi connectivity index (χ0) is 22.9. The van der Waals surface area contributed by atoms with Gasteiger partial charge in [0.2, 0.25) is 0 Å². The molecule has 32 heavy (non-hydrogen) atoms. The molecule has 3 aromatic rings. The molecule has 0 bridgehead atoms. The van der Waals surface area contributed by atoms with Crippen molar-refractivity contribution in [1.82, 2.24) is 9.97 Å². The molecule has 0 saturated carbocycles. The molecule has 2 aromatic heterocycles. The first-order valence-electron chi connectivity index (χ1n) is 10.9. The number of nitrogens with one attached hydrogen (secondary N) is 1. The summed E-state index contributed by atoms with van der Waals surface area (Å²) >= 11 is 1.68. The van der Waals surface area contributed by atoms with Gasteiger partial charge in [-0.15, -0.1) is 17.9 Å². The summed E-state index contributed by atoms with van der Waals surface area (Å²) in [6.45, 7) is 8.16. The Morgan fingerprint density at radius 3 is 2.59 bits per heavy atom. The highest BCUT2D eigenvalue weighted by Crippen LogP contribution is 2.31. The number of hydrogen-bond acceptors (Lipinski definition) is 5. The number of carboxylic acid groups (broad SMARTS) is 1. The maximum absolute atomic E-state index is 10.9. The van der Waals surface area contributed by atoms with E-state index in [0.29, 0.717) is 12.2 Å². The van der Waals surface area contributed by atoms with Crippen molar-refractivity contribution in [2.45, 2.75) is 46.0 Å². The molecule has 5 nitrogen and oxygen atoms in total. The van der Waals surface area contributed by atoms with Crippen LogP contribution < -0.4 is 5.32 Å². The molecule has 3 rings (SSSR count). The van der Waals surface area contributed by atoms with Gasteiger partial charge in [-0.1, -0.05) is 44.6 Å². The molecule has 2 N–H and O–H groups in total. The summed E-state index contributed by atoms with van der Waals surface area (Å²) in [5, 5.41) is 12.4. The Hall–Kier alpha value is -3.25. The summed E-state index contributed by atoms with van der Waals surface area (Å²) in [7, 11) is 0. The second-order valence-electron chi connectivity index (χ2n) is 7.45. The van der Waals surface area contributed by atoms with Gasteiger partial charge >= 0.3 is 5.97 Å². The smallest absolute Gasteiger partial charge is 0.307 e. The number of anilines is 2. The van der Waals surface area contributed by atoms with Crippen LogP contribution in [0.1, 0.15) is 48.4 Å². The van der Waals surface area contributed by atoms with E-state index in [-0.39, 0.29) is 6.42 Å². The van der Waals surface area contributed by atoms with E-state index in [9.17, 15) is 4.79 Å². The third kappa shape index (κ3) is 6.14. The number of benzene rings is 1. The minimum atomic E-state index is -0.841. The molecule has 0 aliphatic carbocycles. The van der Waals surface area contributed by atoms with Crippen LogP contribution in [0, 0.1) is 0 Å². The van der Waals surface area contributed by atoms with E-state index in [1.165, 1.54) is 4.88 Å². The van der Waals surface area contributed by atoms with Crippen LogP contribution >= 0.6 is 11.3 Å². The van der Waals surface area contributed by atoms with Crippen LogP contribution in [0.3, 0.4) is 0 Å².